The molecule has 3 aromatic rings. The molecule has 0 bridgehead atoms. The summed E-state index contributed by atoms with van der Waals surface area (Å²) in [5, 5.41) is 7.93. The van der Waals surface area contributed by atoms with E-state index in [1.165, 1.54) is 6.07 Å². The van der Waals surface area contributed by atoms with Crippen LogP contribution in [0.25, 0.3) is 10.2 Å². The van der Waals surface area contributed by atoms with Crippen molar-refractivity contribution in [1.29, 1.82) is 0 Å². The third-order valence-electron chi connectivity index (χ3n) is 4.48. The van der Waals surface area contributed by atoms with Gasteiger partial charge in [-0.05, 0) is 18.2 Å². The number of alkyl halides is 3. The number of carbonyl (C=O) groups is 2. The van der Waals surface area contributed by atoms with E-state index in [-0.39, 0.29) is 26.8 Å². The molecule has 174 valence electrons. The highest BCUT2D eigenvalue weighted by Gasteiger charge is 2.37. The summed E-state index contributed by atoms with van der Waals surface area (Å²) in [5.74, 6) is -6.43. The van der Waals surface area contributed by atoms with Gasteiger partial charge in [0, 0.05) is 11.0 Å². The van der Waals surface area contributed by atoms with Crippen molar-refractivity contribution in [2.75, 3.05) is 4.90 Å². The van der Waals surface area contributed by atoms with Gasteiger partial charge in [-0.1, -0.05) is 0 Å². The average molecular weight is 508 g/mol. The summed E-state index contributed by atoms with van der Waals surface area (Å²) in [7, 11) is 0. The van der Waals surface area contributed by atoms with Crippen LogP contribution >= 0.6 is 23.1 Å². The first-order chi connectivity index (χ1) is 15.4. The normalized spacial score (nSPS) is 16.2. The molecule has 6 nitrogen and oxygen atoms in total. The number of aromatic nitrogens is 1. The first-order valence-corrected chi connectivity index (χ1v) is 10.6. The standard InChI is InChI=1S/C19H10F6N2O4S2/c20-8-4-9(21)17-16(15(8)22)26-13(33-17)6-27-10-2-1-7(31-19(23,24)25)3-11(10)32-12(18(27)30)5-14(28)29/h1-4,12H,5-6H2,(H,28,29). The molecule has 1 amide bonds. The van der Waals surface area contributed by atoms with Crippen LogP contribution in [0.5, 0.6) is 5.75 Å². The molecule has 0 radical (unpaired) electrons. The van der Waals surface area contributed by atoms with Gasteiger partial charge in [0.1, 0.15) is 22.1 Å². The molecule has 2 aromatic carbocycles. The molecule has 1 aliphatic heterocycles. The summed E-state index contributed by atoms with van der Waals surface area (Å²) in [6.07, 6.45) is -5.59. The van der Waals surface area contributed by atoms with Gasteiger partial charge in [0.05, 0.1) is 28.6 Å². The number of anilines is 1. The molecular weight excluding hydrogens is 498 g/mol. The number of ether oxygens (including phenoxy) is 1. The Labute approximate surface area is 188 Å². The van der Waals surface area contributed by atoms with E-state index in [2.05, 4.69) is 9.72 Å². The van der Waals surface area contributed by atoms with Gasteiger partial charge in [-0.15, -0.1) is 36.3 Å². The first-order valence-electron chi connectivity index (χ1n) is 8.95. The van der Waals surface area contributed by atoms with Crippen LogP contribution in [0.3, 0.4) is 0 Å². The van der Waals surface area contributed by atoms with Crippen LogP contribution in [0.4, 0.5) is 32.0 Å². The van der Waals surface area contributed by atoms with Gasteiger partial charge >= 0.3 is 12.3 Å². The molecular formula is C19H10F6N2O4S2. The topological polar surface area (TPSA) is 79.7 Å². The fourth-order valence-corrected chi connectivity index (χ4v) is 5.39. The first kappa shape index (κ1) is 23.2. The van der Waals surface area contributed by atoms with Crippen LogP contribution in [0, 0.1) is 17.5 Å². The Morgan fingerprint density at radius 2 is 1.91 bits per heavy atom. The number of fused-ring (bicyclic) bond motifs is 2. The van der Waals surface area contributed by atoms with Crippen LogP contribution < -0.4 is 9.64 Å². The Hall–Kier alpha value is -3.00. The number of rotatable bonds is 5. The summed E-state index contributed by atoms with van der Waals surface area (Å²) in [6, 6.07) is 3.52. The maximum Gasteiger partial charge on any atom is 0.573 e. The molecule has 4 rings (SSSR count). The largest absolute Gasteiger partial charge is 0.573 e. The molecule has 1 atom stereocenters. The molecule has 1 N–H and O–H groups in total. The van der Waals surface area contributed by atoms with E-state index in [4.69, 9.17) is 5.11 Å². The third-order valence-corrected chi connectivity index (χ3v) is 6.76. The number of carboxylic acid groups (broad SMARTS) is 1. The summed E-state index contributed by atoms with van der Waals surface area (Å²) in [6.45, 7) is -0.373. The molecule has 14 heteroatoms. The minimum Gasteiger partial charge on any atom is -0.481 e. The Kier molecular flexibility index (Phi) is 5.90. The van der Waals surface area contributed by atoms with E-state index in [9.17, 15) is 35.9 Å². The van der Waals surface area contributed by atoms with Crippen molar-refractivity contribution >= 4 is 50.9 Å². The average Bonchev–Trinajstić information content (AvgIpc) is 3.12. The van der Waals surface area contributed by atoms with Gasteiger partial charge in [0.15, 0.2) is 11.6 Å². The van der Waals surface area contributed by atoms with E-state index in [0.29, 0.717) is 17.4 Å². The molecule has 0 saturated carbocycles. The highest BCUT2D eigenvalue weighted by molar-refractivity contribution is 8.01. The van der Waals surface area contributed by atoms with Crippen LogP contribution in [0.1, 0.15) is 11.4 Å². The Morgan fingerprint density at radius 1 is 1.18 bits per heavy atom. The lowest BCUT2D eigenvalue weighted by molar-refractivity contribution is -0.274. The van der Waals surface area contributed by atoms with Crippen molar-refractivity contribution in [3.05, 3.63) is 46.7 Å². The Balaban J connectivity index is 1.74. The van der Waals surface area contributed by atoms with Gasteiger partial charge in [-0.25, -0.2) is 18.2 Å². The highest BCUT2D eigenvalue weighted by Crippen LogP contribution is 2.44. The van der Waals surface area contributed by atoms with Gasteiger partial charge in [-0.3, -0.25) is 9.59 Å². The molecule has 1 unspecified atom stereocenters. The lowest BCUT2D eigenvalue weighted by Gasteiger charge is -2.33. The monoisotopic (exact) mass is 508 g/mol. The molecule has 1 aliphatic rings. The summed E-state index contributed by atoms with van der Waals surface area (Å²) >= 11 is 1.41. The quantitative estimate of drug-likeness (QED) is 0.382. The van der Waals surface area contributed by atoms with E-state index < -0.39 is 58.6 Å². The number of hydrogen-bond acceptors (Lipinski definition) is 6. The summed E-state index contributed by atoms with van der Waals surface area (Å²) in [4.78, 5) is 29.2. The van der Waals surface area contributed by atoms with Crippen molar-refractivity contribution in [3.8, 4) is 5.75 Å². The number of benzene rings is 2. The fraction of sp³-hybridized carbons (Fsp3) is 0.211. The van der Waals surface area contributed by atoms with Gasteiger partial charge in [-0.2, -0.15) is 0 Å². The second-order valence-corrected chi connectivity index (χ2v) is 9.07. The fourth-order valence-electron chi connectivity index (χ4n) is 3.19. The van der Waals surface area contributed by atoms with E-state index in [1.807, 2.05) is 0 Å². The van der Waals surface area contributed by atoms with E-state index in [0.717, 1.165) is 28.8 Å². The summed E-state index contributed by atoms with van der Waals surface area (Å²) < 4.78 is 82.9. The number of thioether (sulfide) groups is 1. The number of carbonyl (C=O) groups excluding carboxylic acids is 1. The second kappa shape index (κ2) is 8.41. The number of carboxylic acids is 1. The zero-order valence-corrected chi connectivity index (χ0v) is 17.6. The highest BCUT2D eigenvalue weighted by atomic mass is 32.2. The summed E-state index contributed by atoms with van der Waals surface area (Å²) in [5.41, 5.74) is -0.435. The van der Waals surface area contributed by atoms with Crippen molar-refractivity contribution in [3.63, 3.8) is 0 Å². The van der Waals surface area contributed by atoms with Gasteiger partial charge in [0.25, 0.3) is 0 Å². The second-order valence-electron chi connectivity index (χ2n) is 6.75. The van der Waals surface area contributed by atoms with Crippen molar-refractivity contribution in [2.24, 2.45) is 0 Å². The third kappa shape index (κ3) is 4.71. The zero-order chi connectivity index (χ0) is 24.1. The van der Waals surface area contributed by atoms with Crippen molar-refractivity contribution in [2.45, 2.75) is 29.5 Å². The zero-order valence-electron chi connectivity index (χ0n) is 16.0. The number of nitrogens with zero attached hydrogens (tertiary/aromatic N) is 2. The maximum absolute atomic E-state index is 14.0. The van der Waals surface area contributed by atoms with Crippen LogP contribution in [0.15, 0.2) is 29.2 Å². The van der Waals surface area contributed by atoms with Gasteiger partial charge in [0.2, 0.25) is 5.91 Å². The predicted molar refractivity (Wildman–Crippen MR) is 106 cm³/mol. The minimum absolute atomic E-state index is 0.00398. The molecule has 0 saturated heterocycles. The lowest BCUT2D eigenvalue weighted by Crippen LogP contribution is -2.41. The molecule has 2 heterocycles. The van der Waals surface area contributed by atoms with Crippen LogP contribution in [-0.2, 0) is 16.1 Å². The predicted octanol–water partition coefficient (Wildman–Crippen LogP) is 5.09. The smallest absolute Gasteiger partial charge is 0.481 e. The van der Waals surface area contributed by atoms with Crippen molar-refractivity contribution < 1.29 is 45.8 Å². The number of aliphatic carboxylic acids is 1. The Morgan fingerprint density at radius 3 is 2.58 bits per heavy atom. The van der Waals surface area contributed by atoms with Crippen LogP contribution in [-0.4, -0.2) is 33.6 Å². The number of halogens is 6. The van der Waals surface area contributed by atoms with Crippen molar-refractivity contribution in [1.82, 2.24) is 4.98 Å². The molecule has 0 fully saturated rings. The number of amides is 1. The molecule has 0 spiro atoms. The SMILES string of the molecule is O=C(O)CC1Sc2cc(OC(F)(F)F)ccc2N(Cc2nc3c(F)c(F)cc(F)c3s2)C1=O. The lowest BCUT2D eigenvalue weighted by atomic mass is 10.2. The molecule has 0 aliphatic carbocycles. The maximum atomic E-state index is 14.0. The van der Waals surface area contributed by atoms with Gasteiger partial charge < -0.3 is 14.7 Å². The molecule has 33 heavy (non-hydrogen) atoms. The Bertz CT molecular complexity index is 1280. The van der Waals surface area contributed by atoms with E-state index in [1.54, 1.807) is 0 Å². The van der Waals surface area contributed by atoms with Crippen LogP contribution in [0.2, 0.25) is 0 Å². The molecule has 1 aromatic heterocycles. The number of hydrogen-bond donors (Lipinski definition) is 1. The van der Waals surface area contributed by atoms with E-state index >= 15 is 0 Å². The number of thiazole rings is 1. The minimum atomic E-state index is -4.96.